The molecule has 2 N–H and O–H groups in total. The van der Waals surface area contributed by atoms with Gasteiger partial charge >= 0.3 is 0 Å². The molecule has 0 atom stereocenters. The zero-order valence-corrected chi connectivity index (χ0v) is 10.4. The zero-order valence-electron chi connectivity index (χ0n) is 8.03. The first-order valence-electron chi connectivity index (χ1n) is 4.28. The molecule has 0 aliphatic rings. The highest BCUT2D eigenvalue weighted by Crippen LogP contribution is 2.37. The number of aromatic nitrogens is 1. The van der Waals surface area contributed by atoms with Crippen molar-refractivity contribution in [2.75, 3.05) is 12.0 Å². The van der Waals surface area contributed by atoms with Crippen LogP contribution in [0.4, 0.5) is 5.82 Å². The number of nitrogens with two attached hydrogens (primary N) is 1. The maximum atomic E-state index is 5.61. The SMILES string of the molecule is CSc1ccccc1-c1onc(N)c1Br. The highest BCUT2D eigenvalue weighted by Gasteiger charge is 2.15. The minimum Gasteiger partial charge on any atom is -0.380 e. The molecule has 1 aromatic heterocycles. The maximum Gasteiger partial charge on any atom is 0.184 e. The van der Waals surface area contributed by atoms with Crippen LogP contribution in [0.15, 0.2) is 38.2 Å². The lowest BCUT2D eigenvalue weighted by Crippen LogP contribution is -1.84. The highest BCUT2D eigenvalue weighted by molar-refractivity contribution is 9.10. The Labute approximate surface area is 100 Å². The number of hydrogen-bond acceptors (Lipinski definition) is 4. The number of thioether (sulfide) groups is 1. The van der Waals surface area contributed by atoms with E-state index in [2.05, 4.69) is 21.1 Å². The third kappa shape index (κ3) is 1.89. The summed E-state index contributed by atoms with van der Waals surface area (Å²) in [6.07, 6.45) is 2.02. The average Bonchev–Trinajstić information content (AvgIpc) is 2.60. The van der Waals surface area contributed by atoms with Gasteiger partial charge in [0, 0.05) is 10.5 Å². The van der Waals surface area contributed by atoms with Gasteiger partial charge in [0.05, 0.1) is 0 Å². The van der Waals surface area contributed by atoms with Crippen LogP contribution in [0.1, 0.15) is 0 Å². The lowest BCUT2D eigenvalue weighted by atomic mass is 10.2. The molecular formula is C10H9BrN2OS. The van der Waals surface area contributed by atoms with Crippen molar-refractivity contribution >= 4 is 33.5 Å². The molecule has 78 valence electrons. The van der Waals surface area contributed by atoms with Gasteiger partial charge in [-0.3, -0.25) is 0 Å². The summed E-state index contributed by atoms with van der Waals surface area (Å²) >= 11 is 5.02. The van der Waals surface area contributed by atoms with E-state index < -0.39 is 0 Å². The summed E-state index contributed by atoms with van der Waals surface area (Å²) in [7, 11) is 0. The Bertz CT molecular complexity index is 484. The number of rotatable bonds is 2. The summed E-state index contributed by atoms with van der Waals surface area (Å²) in [6.45, 7) is 0. The second-order valence-corrected chi connectivity index (χ2v) is 4.55. The topological polar surface area (TPSA) is 52.0 Å². The molecule has 2 aromatic rings. The van der Waals surface area contributed by atoms with E-state index in [0.29, 0.717) is 16.1 Å². The summed E-state index contributed by atoms with van der Waals surface area (Å²) in [5.41, 5.74) is 6.61. The van der Waals surface area contributed by atoms with E-state index in [1.165, 1.54) is 0 Å². The van der Waals surface area contributed by atoms with Crippen LogP contribution in [0.5, 0.6) is 0 Å². The summed E-state index contributed by atoms with van der Waals surface area (Å²) < 4.78 is 5.90. The number of nitrogens with zero attached hydrogens (tertiary/aromatic N) is 1. The monoisotopic (exact) mass is 284 g/mol. The molecule has 0 aliphatic heterocycles. The van der Waals surface area contributed by atoms with E-state index in [0.717, 1.165) is 10.5 Å². The third-order valence-electron chi connectivity index (χ3n) is 2.01. The van der Waals surface area contributed by atoms with Crippen LogP contribution in [0.2, 0.25) is 0 Å². The van der Waals surface area contributed by atoms with E-state index in [1.807, 2.05) is 30.5 Å². The van der Waals surface area contributed by atoms with Gasteiger partial charge in [0.15, 0.2) is 11.6 Å². The molecule has 3 nitrogen and oxygen atoms in total. The zero-order chi connectivity index (χ0) is 10.8. The van der Waals surface area contributed by atoms with Crippen LogP contribution in [-0.4, -0.2) is 11.4 Å². The quantitative estimate of drug-likeness (QED) is 0.859. The van der Waals surface area contributed by atoms with Gasteiger partial charge in [-0.25, -0.2) is 0 Å². The molecule has 0 saturated carbocycles. The van der Waals surface area contributed by atoms with Crippen molar-refractivity contribution in [3.63, 3.8) is 0 Å². The molecule has 0 radical (unpaired) electrons. The van der Waals surface area contributed by atoms with Gasteiger partial charge in [0.25, 0.3) is 0 Å². The number of benzene rings is 1. The molecule has 0 aliphatic carbocycles. The highest BCUT2D eigenvalue weighted by atomic mass is 79.9. The molecular weight excluding hydrogens is 276 g/mol. The Morgan fingerprint density at radius 3 is 2.73 bits per heavy atom. The Hall–Kier alpha value is -0.940. The molecule has 0 unspecified atom stereocenters. The van der Waals surface area contributed by atoms with E-state index in [1.54, 1.807) is 11.8 Å². The first-order valence-corrected chi connectivity index (χ1v) is 6.30. The smallest absolute Gasteiger partial charge is 0.184 e. The number of anilines is 1. The lowest BCUT2D eigenvalue weighted by Gasteiger charge is -2.02. The number of halogens is 1. The largest absolute Gasteiger partial charge is 0.380 e. The van der Waals surface area contributed by atoms with Crippen molar-refractivity contribution in [1.29, 1.82) is 0 Å². The molecule has 1 heterocycles. The number of nitrogen functional groups attached to an aromatic ring is 1. The number of hydrogen-bond donors (Lipinski definition) is 1. The summed E-state index contributed by atoms with van der Waals surface area (Å²) in [6, 6.07) is 7.96. The lowest BCUT2D eigenvalue weighted by molar-refractivity contribution is 0.434. The molecule has 0 bridgehead atoms. The fourth-order valence-electron chi connectivity index (χ4n) is 1.29. The van der Waals surface area contributed by atoms with E-state index in [-0.39, 0.29) is 0 Å². The van der Waals surface area contributed by atoms with Gasteiger partial charge in [-0.1, -0.05) is 17.3 Å². The van der Waals surface area contributed by atoms with Gasteiger partial charge in [-0.05, 0) is 34.3 Å². The van der Waals surface area contributed by atoms with Crippen LogP contribution in [0.25, 0.3) is 11.3 Å². The molecule has 2 rings (SSSR count). The van der Waals surface area contributed by atoms with Crippen molar-refractivity contribution in [1.82, 2.24) is 5.16 Å². The van der Waals surface area contributed by atoms with E-state index in [4.69, 9.17) is 10.3 Å². The second-order valence-electron chi connectivity index (χ2n) is 2.91. The van der Waals surface area contributed by atoms with Gasteiger partial charge in [0.2, 0.25) is 0 Å². The molecule has 0 saturated heterocycles. The maximum absolute atomic E-state index is 5.61. The van der Waals surface area contributed by atoms with Gasteiger partial charge in [-0.2, -0.15) is 0 Å². The standard InChI is InChI=1S/C10H9BrN2OS/c1-15-7-5-3-2-4-6(7)9-8(11)10(12)13-14-9/h2-5H,1H3,(H2,12,13). The van der Waals surface area contributed by atoms with E-state index in [9.17, 15) is 0 Å². The summed E-state index contributed by atoms with van der Waals surface area (Å²) in [4.78, 5) is 1.13. The molecule has 15 heavy (non-hydrogen) atoms. The Morgan fingerprint density at radius 1 is 1.40 bits per heavy atom. The molecule has 0 amide bonds. The van der Waals surface area contributed by atoms with Gasteiger partial charge in [0.1, 0.15) is 4.47 Å². The van der Waals surface area contributed by atoms with Crippen molar-refractivity contribution in [2.24, 2.45) is 0 Å². The van der Waals surface area contributed by atoms with Crippen LogP contribution in [0, 0.1) is 0 Å². The van der Waals surface area contributed by atoms with Crippen LogP contribution < -0.4 is 5.73 Å². The van der Waals surface area contributed by atoms with Crippen molar-refractivity contribution in [2.45, 2.75) is 4.90 Å². The average molecular weight is 285 g/mol. The first kappa shape index (κ1) is 10.6. The van der Waals surface area contributed by atoms with Gasteiger partial charge in [-0.15, -0.1) is 11.8 Å². The van der Waals surface area contributed by atoms with Gasteiger partial charge < -0.3 is 10.3 Å². The molecule has 1 aromatic carbocycles. The Morgan fingerprint density at radius 2 is 2.13 bits per heavy atom. The van der Waals surface area contributed by atoms with Crippen molar-refractivity contribution < 1.29 is 4.52 Å². The molecule has 0 spiro atoms. The normalized spacial score (nSPS) is 10.5. The third-order valence-corrected chi connectivity index (χ3v) is 3.57. The fourth-order valence-corrected chi connectivity index (χ4v) is 2.24. The van der Waals surface area contributed by atoms with E-state index >= 15 is 0 Å². The van der Waals surface area contributed by atoms with Crippen molar-refractivity contribution in [3.05, 3.63) is 28.7 Å². The van der Waals surface area contributed by atoms with Crippen molar-refractivity contribution in [3.8, 4) is 11.3 Å². The van der Waals surface area contributed by atoms with Crippen LogP contribution in [-0.2, 0) is 0 Å². The summed E-state index contributed by atoms with van der Waals surface area (Å²) in [5, 5.41) is 3.71. The van der Waals surface area contributed by atoms with Crippen LogP contribution >= 0.6 is 27.7 Å². The Balaban J connectivity index is 2.58. The predicted molar refractivity (Wildman–Crippen MR) is 65.8 cm³/mol. The second kappa shape index (κ2) is 4.28. The molecule has 0 fully saturated rings. The molecule has 5 heteroatoms. The fraction of sp³-hybridized carbons (Fsp3) is 0.100. The van der Waals surface area contributed by atoms with Crippen LogP contribution in [0.3, 0.4) is 0 Å². The first-order chi connectivity index (χ1) is 7.24. The predicted octanol–water partition coefficient (Wildman–Crippen LogP) is 3.41. The minimum atomic E-state index is 0.376. The Kier molecular flexibility index (Phi) is 3.02. The summed E-state index contributed by atoms with van der Waals surface area (Å²) in [5.74, 6) is 1.05. The minimum absolute atomic E-state index is 0.376.